The van der Waals surface area contributed by atoms with E-state index in [1.165, 1.54) is 25.3 Å². The van der Waals surface area contributed by atoms with Gasteiger partial charge in [-0.1, -0.05) is 17.7 Å². The first-order valence-electron chi connectivity index (χ1n) is 5.43. The van der Waals surface area contributed by atoms with Crippen LogP contribution < -0.4 is 5.32 Å². The van der Waals surface area contributed by atoms with Crippen LogP contribution in [0.4, 0.5) is 4.39 Å². The SMILES string of the molecule is COCCNC(=O)/C(C#N)=C/c1c(F)cccc1Cl. The first-order chi connectivity index (χ1) is 9.10. The van der Waals surface area contributed by atoms with Gasteiger partial charge in [0.1, 0.15) is 17.5 Å². The molecule has 0 atom stereocenters. The minimum Gasteiger partial charge on any atom is -0.383 e. The summed E-state index contributed by atoms with van der Waals surface area (Å²) in [6, 6.07) is 5.84. The molecule has 0 radical (unpaired) electrons. The van der Waals surface area contributed by atoms with Crippen molar-refractivity contribution in [1.82, 2.24) is 5.32 Å². The number of ether oxygens (including phenoxy) is 1. The highest BCUT2D eigenvalue weighted by atomic mass is 35.5. The number of methoxy groups -OCH3 is 1. The number of nitriles is 1. The molecule has 0 fully saturated rings. The fourth-order valence-corrected chi connectivity index (χ4v) is 1.52. The number of nitrogens with one attached hydrogen (secondary N) is 1. The van der Waals surface area contributed by atoms with Crippen molar-refractivity contribution in [3.05, 3.63) is 40.2 Å². The maximum absolute atomic E-state index is 13.5. The number of carbonyl (C=O) groups is 1. The zero-order valence-corrected chi connectivity index (χ0v) is 11.0. The predicted molar refractivity (Wildman–Crippen MR) is 69.9 cm³/mol. The lowest BCUT2D eigenvalue weighted by molar-refractivity contribution is -0.117. The molecule has 0 aliphatic heterocycles. The van der Waals surface area contributed by atoms with Gasteiger partial charge in [0.15, 0.2) is 0 Å². The fraction of sp³-hybridized carbons (Fsp3) is 0.231. The van der Waals surface area contributed by atoms with Crippen molar-refractivity contribution in [1.29, 1.82) is 5.26 Å². The van der Waals surface area contributed by atoms with Gasteiger partial charge in [-0.2, -0.15) is 5.26 Å². The summed E-state index contributed by atoms with van der Waals surface area (Å²) in [5.41, 5.74) is -0.203. The van der Waals surface area contributed by atoms with Gasteiger partial charge in [-0.15, -0.1) is 0 Å². The van der Waals surface area contributed by atoms with Crippen molar-refractivity contribution in [2.75, 3.05) is 20.3 Å². The molecule has 19 heavy (non-hydrogen) atoms. The minimum atomic E-state index is -0.598. The molecule has 4 nitrogen and oxygen atoms in total. The molecule has 0 aliphatic rings. The average molecular weight is 283 g/mol. The molecular weight excluding hydrogens is 271 g/mol. The summed E-state index contributed by atoms with van der Waals surface area (Å²) in [7, 11) is 1.49. The summed E-state index contributed by atoms with van der Waals surface area (Å²) in [4.78, 5) is 11.7. The first kappa shape index (κ1) is 15.2. The van der Waals surface area contributed by atoms with Crippen molar-refractivity contribution in [2.45, 2.75) is 0 Å². The maximum atomic E-state index is 13.5. The third kappa shape index (κ3) is 4.36. The van der Waals surface area contributed by atoms with E-state index in [1.807, 2.05) is 0 Å². The van der Waals surface area contributed by atoms with Crippen LogP contribution in [0.25, 0.3) is 6.08 Å². The van der Waals surface area contributed by atoms with Crippen molar-refractivity contribution in [3.63, 3.8) is 0 Å². The van der Waals surface area contributed by atoms with Crippen LogP contribution in [-0.4, -0.2) is 26.2 Å². The van der Waals surface area contributed by atoms with Crippen molar-refractivity contribution >= 4 is 23.6 Å². The van der Waals surface area contributed by atoms with E-state index < -0.39 is 11.7 Å². The minimum absolute atomic E-state index is 0.0163. The summed E-state index contributed by atoms with van der Waals surface area (Å²) in [6.45, 7) is 0.588. The van der Waals surface area contributed by atoms with Gasteiger partial charge in [0, 0.05) is 19.2 Å². The van der Waals surface area contributed by atoms with Gasteiger partial charge in [0.05, 0.1) is 11.6 Å². The largest absolute Gasteiger partial charge is 0.383 e. The lowest BCUT2D eigenvalue weighted by Crippen LogP contribution is -2.27. The van der Waals surface area contributed by atoms with Gasteiger partial charge in [0.25, 0.3) is 5.91 Å². The van der Waals surface area contributed by atoms with Gasteiger partial charge < -0.3 is 10.1 Å². The van der Waals surface area contributed by atoms with Gasteiger partial charge in [-0.25, -0.2) is 4.39 Å². The number of benzene rings is 1. The number of rotatable bonds is 5. The zero-order valence-electron chi connectivity index (χ0n) is 10.2. The second kappa shape index (κ2) is 7.52. The second-order valence-electron chi connectivity index (χ2n) is 3.55. The van der Waals surface area contributed by atoms with E-state index in [2.05, 4.69) is 5.32 Å². The van der Waals surface area contributed by atoms with Crippen molar-refractivity contribution in [3.8, 4) is 6.07 Å². The number of amides is 1. The highest BCUT2D eigenvalue weighted by Gasteiger charge is 2.11. The molecule has 1 aromatic rings. The van der Waals surface area contributed by atoms with Gasteiger partial charge in [0.2, 0.25) is 0 Å². The Hall–Kier alpha value is -1.90. The van der Waals surface area contributed by atoms with Crippen LogP contribution in [0.15, 0.2) is 23.8 Å². The van der Waals surface area contributed by atoms with Crippen molar-refractivity contribution in [2.24, 2.45) is 0 Å². The summed E-state index contributed by atoms with van der Waals surface area (Å²) in [5, 5.41) is 11.5. The third-order valence-corrected chi connectivity index (χ3v) is 2.57. The quantitative estimate of drug-likeness (QED) is 0.511. The van der Waals surface area contributed by atoms with Gasteiger partial charge in [-0.05, 0) is 18.2 Å². The molecule has 0 saturated carbocycles. The third-order valence-electron chi connectivity index (χ3n) is 2.25. The van der Waals surface area contributed by atoms with E-state index in [9.17, 15) is 9.18 Å². The van der Waals surface area contributed by atoms with E-state index in [4.69, 9.17) is 21.6 Å². The lowest BCUT2D eigenvalue weighted by atomic mass is 10.1. The molecule has 1 aromatic carbocycles. The highest BCUT2D eigenvalue weighted by Crippen LogP contribution is 2.21. The summed E-state index contributed by atoms with van der Waals surface area (Å²) in [6.07, 6.45) is 1.12. The molecule has 0 unspecified atom stereocenters. The summed E-state index contributed by atoms with van der Waals surface area (Å²) >= 11 is 5.82. The molecule has 0 saturated heterocycles. The summed E-state index contributed by atoms with van der Waals surface area (Å²) in [5.74, 6) is -1.19. The van der Waals surface area contributed by atoms with Gasteiger partial charge >= 0.3 is 0 Å². The van der Waals surface area contributed by atoms with Crippen LogP contribution in [0.1, 0.15) is 5.56 Å². The Labute approximate surface area is 115 Å². The Morgan fingerprint density at radius 3 is 2.95 bits per heavy atom. The van der Waals surface area contributed by atoms with E-state index in [0.29, 0.717) is 6.61 Å². The predicted octanol–water partition coefficient (Wildman–Crippen LogP) is 2.15. The Balaban J connectivity index is 2.94. The fourth-order valence-electron chi connectivity index (χ4n) is 1.30. The number of hydrogen-bond donors (Lipinski definition) is 1. The number of nitrogens with zero attached hydrogens (tertiary/aromatic N) is 1. The number of carbonyl (C=O) groups excluding carboxylic acids is 1. The van der Waals surface area contributed by atoms with Crippen LogP contribution in [0.3, 0.4) is 0 Å². The lowest BCUT2D eigenvalue weighted by Gasteiger charge is -2.04. The average Bonchev–Trinajstić information content (AvgIpc) is 2.38. The zero-order chi connectivity index (χ0) is 14.3. The number of hydrogen-bond acceptors (Lipinski definition) is 3. The molecule has 0 heterocycles. The highest BCUT2D eigenvalue weighted by molar-refractivity contribution is 6.32. The smallest absolute Gasteiger partial charge is 0.262 e. The van der Waals surface area contributed by atoms with Crippen molar-refractivity contribution < 1.29 is 13.9 Å². The van der Waals surface area contributed by atoms with Crippen LogP contribution in [0.5, 0.6) is 0 Å². The van der Waals surface area contributed by atoms with Gasteiger partial charge in [-0.3, -0.25) is 4.79 Å². The normalized spacial score (nSPS) is 10.9. The van der Waals surface area contributed by atoms with E-state index in [1.54, 1.807) is 6.07 Å². The molecular formula is C13H12ClFN2O2. The topological polar surface area (TPSA) is 62.1 Å². The second-order valence-corrected chi connectivity index (χ2v) is 3.96. The molecule has 100 valence electrons. The standard InChI is InChI=1S/C13H12ClFN2O2/c1-19-6-5-17-13(18)9(8-16)7-10-11(14)3-2-4-12(10)15/h2-4,7H,5-6H2,1H3,(H,17,18)/b9-7+. The number of halogens is 2. The van der Waals surface area contributed by atoms with Crippen LogP contribution in [0, 0.1) is 17.1 Å². The van der Waals surface area contributed by atoms with E-state index in [-0.39, 0.29) is 22.7 Å². The Morgan fingerprint density at radius 2 is 2.37 bits per heavy atom. The molecule has 6 heteroatoms. The van der Waals surface area contributed by atoms with E-state index in [0.717, 1.165) is 6.08 Å². The van der Waals surface area contributed by atoms with E-state index >= 15 is 0 Å². The molecule has 0 bridgehead atoms. The first-order valence-corrected chi connectivity index (χ1v) is 5.81. The molecule has 1 rings (SSSR count). The Morgan fingerprint density at radius 1 is 1.63 bits per heavy atom. The molecule has 0 spiro atoms. The Kier molecular flexibility index (Phi) is 6.00. The maximum Gasteiger partial charge on any atom is 0.262 e. The van der Waals surface area contributed by atoms with Crippen LogP contribution in [0.2, 0.25) is 5.02 Å². The molecule has 1 N–H and O–H groups in total. The Bertz CT molecular complexity index is 518. The monoisotopic (exact) mass is 282 g/mol. The molecule has 0 aliphatic carbocycles. The van der Waals surface area contributed by atoms with Crippen LogP contribution in [-0.2, 0) is 9.53 Å². The molecule has 1 amide bonds. The molecule has 0 aromatic heterocycles. The summed E-state index contributed by atoms with van der Waals surface area (Å²) < 4.78 is 18.3. The van der Waals surface area contributed by atoms with Crippen LogP contribution >= 0.6 is 11.6 Å².